The Bertz CT molecular complexity index is 743. The second-order valence-corrected chi connectivity index (χ2v) is 13.3. The quantitative estimate of drug-likeness (QED) is 0.408. The molecule has 0 aliphatic heterocycles. The minimum Gasteiger partial charge on any atom is -0.373 e. The second kappa shape index (κ2) is 9.40. The Morgan fingerprint density at radius 2 is 1.64 bits per heavy atom. The lowest BCUT2D eigenvalue weighted by atomic mass is 9.43. The molecule has 0 aromatic carbocycles. The number of hydrogen-bond donors (Lipinski definition) is 0. The van der Waals surface area contributed by atoms with Crippen molar-refractivity contribution in [1.82, 2.24) is 0 Å². The summed E-state index contributed by atoms with van der Waals surface area (Å²) in [5.41, 5.74) is 0.353. The number of methoxy groups -OCH3 is 1. The van der Waals surface area contributed by atoms with Crippen LogP contribution in [0.2, 0.25) is 0 Å². The van der Waals surface area contributed by atoms with E-state index in [-0.39, 0.29) is 28.8 Å². The number of rotatable bonds is 7. The van der Waals surface area contributed by atoms with E-state index in [9.17, 15) is 9.59 Å². The molecule has 4 fully saturated rings. The fourth-order valence-electron chi connectivity index (χ4n) is 9.69. The van der Waals surface area contributed by atoms with Crippen LogP contribution in [0.3, 0.4) is 0 Å². The van der Waals surface area contributed by atoms with Crippen LogP contribution in [-0.4, -0.2) is 24.8 Å². The van der Waals surface area contributed by atoms with Crippen LogP contribution >= 0.6 is 0 Å². The Morgan fingerprint density at radius 1 is 0.939 bits per heavy atom. The van der Waals surface area contributed by atoms with E-state index in [0.717, 1.165) is 36.5 Å². The first-order valence-corrected chi connectivity index (χ1v) is 14.2. The SMILES string of the molecule is CCC(CC[C@@H](C)[C@H]1CC[C@H]2[C@@H]3C(=O)C(OC)C4CC(=O)CC[C@]4(C)[C@H]3CC[C@]12C)C(C)C. The normalized spacial score (nSPS) is 44.8. The van der Waals surface area contributed by atoms with E-state index in [1.807, 2.05) is 0 Å². The molecule has 0 aromatic rings. The van der Waals surface area contributed by atoms with Gasteiger partial charge in [-0.15, -0.1) is 0 Å². The van der Waals surface area contributed by atoms with E-state index in [0.29, 0.717) is 36.2 Å². The number of hydrogen-bond acceptors (Lipinski definition) is 3. The molecule has 3 unspecified atom stereocenters. The van der Waals surface area contributed by atoms with Crippen molar-refractivity contribution in [2.24, 2.45) is 58.2 Å². The van der Waals surface area contributed by atoms with Crippen LogP contribution in [-0.2, 0) is 14.3 Å². The largest absolute Gasteiger partial charge is 0.373 e. The molecule has 10 atom stereocenters. The van der Waals surface area contributed by atoms with Gasteiger partial charge in [0, 0.05) is 31.8 Å². The summed E-state index contributed by atoms with van der Waals surface area (Å²) in [6.45, 7) is 14.5. The summed E-state index contributed by atoms with van der Waals surface area (Å²) < 4.78 is 5.89. The van der Waals surface area contributed by atoms with Gasteiger partial charge in [-0.3, -0.25) is 9.59 Å². The van der Waals surface area contributed by atoms with Crippen molar-refractivity contribution in [2.45, 2.75) is 112 Å². The molecule has 4 aliphatic carbocycles. The van der Waals surface area contributed by atoms with Gasteiger partial charge in [-0.05, 0) is 84.9 Å². The maximum Gasteiger partial charge on any atom is 0.165 e. The number of fused-ring (bicyclic) bond motifs is 5. The maximum atomic E-state index is 13.9. The molecule has 33 heavy (non-hydrogen) atoms. The summed E-state index contributed by atoms with van der Waals surface area (Å²) in [5, 5.41) is 0. The highest BCUT2D eigenvalue weighted by Gasteiger charge is 2.65. The first-order chi connectivity index (χ1) is 15.6. The van der Waals surface area contributed by atoms with Gasteiger partial charge in [0.1, 0.15) is 11.9 Å². The zero-order valence-electron chi connectivity index (χ0n) is 22.5. The van der Waals surface area contributed by atoms with E-state index >= 15 is 0 Å². The highest BCUT2D eigenvalue weighted by molar-refractivity contribution is 5.90. The summed E-state index contributed by atoms with van der Waals surface area (Å²) in [7, 11) is 1.70. The molecular weight excluding hydrogens is 408 g/mol. The maximum absolute atomic E-state index is 13.9. The molecule has 4 aliphatic rings. The molecule has 0 spiro atoms. The summed E-state index contributed by atoms with van der Waals surface area (Å²) in [5.74, 6) is 4.90. The second-order valence-electron chi connectivity index (χ2n) is 13.3. The van der Waals surface area contributed by atoms with E-state index < -0.39 is 0 Å². The Labute approximate surface area is 203 Å². The first kappa shape index (κ1) is 25.4. The lowest BCUT2D eigenvalue weighted by Gasteiger charge is -2.61. The average molecular weight is 459 g/mol. The molecular formula is C30H50O3. The highest BCUT2D eigenvalue weighted by atomic mass is 16.5. The van der Waals surface area contributed by atoms with Gasteiger partial charge >= 0.3 is 0 Å². The van der Waals surface area contributed by atoms with Crippen LogP contribution in [0.4, 0.5) is 0 Å². The zero-order valence-corrected chi connectivity index (χ0v) is 22.5. The summed E-state index contributed by atoms with van der Waals surface area (Å²) in [6.07, 6.45) is 10.7. The lowest BCUT2D eigenvalue weighted by Crippen LogP contribution is -2.62. The van der Waals surface area contributed by atoms with Crippen molar-refractivity contribution >= 4 is 11.6 Å². The van der Waals surface area contributed by atoms with Crippen molar-refractivity contribution in [3.63, 3.8) is 0 Å². The molecule has 0 saturated heterocycles. The van der Waals surface area contributed by atoms with Crippen molar-refractivity contribution in [1.29, 1.82) is 0 Å². The van der Waals surface area contributed by atoms with Gasteiger partial charge in [0.05, 0.1) is 0 Å². The van der Waals surface area contributed by atoms with E-state index in [4.69, 9.17) is 4.74 Å². The predicted octanol–water partition coefficient (Wildman–Crippen LogP) is 7.12. The van der Waals surface area contributed by atoms with Gasteiger partial charge in [0.25, 0.3) is 0 Å². The van der Waals surface area contributed by atoms with E-state index in [1.54, 1.807) is 7.11 Å². The van der Waals surface area contributed by atoms with Gasteiger partial charge < -0.3 is 4.74 Å². The van der Waals surface area contributed by atoms with Crippen molar-refractivity contribution in [3.8, 4) is 0 Å². The lowest BCUT2D eigenvalue weighted by molar-refractivity contribution is -0.183. The van der Waals surface area contributed by atoms with Gasteiger partial charge in [-0.25, -0.2) is 0 Å². The summed E-state index contributed by atoms with van der Waals surface area (Å²) in [4.78, 5) is 26.3. The summed E-state index contributed by atoms with van der Waals surface area (Å²) >= 11 is 0. The number of ketones is 2. The van der Waals surface area contributed by atoms with Crippen molar-refractivity contribution in [2.75, 3.05) is 7.11 Å². The standard InChI is InChI=1S/C30H50O3/c1-8-20(18(2)3)10-9-19(4)22-11-12-23-26-24(14-16-29(22,23)5)30(6)15-13-21(31)17-25(30)28(33-7)27(26)32/h18-20,22-26,28H,8-17H2,1-7H3/t19-,20?,22-,23+,24+,25?,26+,28?,29-,30-/m1/s1. The van der Waals surface area contributed by atoms with Crippen LogP contribution in [0.25, 0.3) is 0 Å². The molecule has 4 rings (SSSR count). The number of carbonyl (C=O) groups excluding carboxylic acids is 2. The molecule has 4 saturated carbocycles. The predicted molar refractivity (Wildman–Crippen MR) is 134 cm³/mol. The smallest absolute Gasteiger partial charge is 0.165 e. The monoisotopic (exact) mass is 458 g/mol. The topological polar surface area (TPSA) is 43.4 Å². The minimum absolute atomic E-state index is 0.0732. The molecule has 188 valence electrons. The molecule has 3 heteroatoms. The molecule has 0 bridgehead atoms. The minimum atomic E-state index is -0.379. The number of ether oxygens (including phenoxy) is 1. The first-order valence-electron chi connectivity index (χ1n) is 14.2. The molecule has 0 N–H and O–H groups in total. The van der Waals surface area contributed by atoms with Gasteiger partial charge in [-0.2, -0.15) is 0 Å². The summed E-state index contributed by atoms with van der Waals surface area (Å²) in [6, 6.07) is 0. The van der Waals surface area contributed by atoms with Crippen molar-refractivity contribution < 1.29 is 14.3 Å². The van der Waals surface area contributed by atoms with Gasteiger partial charge in [-0.1, -0.05) is 54.4 Å². The third-order valence-electron chi connectivity index (χ3n) is 11.8. The van der Waals surface area contributed by atoms with Crippen LogP contribution in [0.5, 0.6) is 0 Å². The van der Waals surface area contributed by atoms with Crippen LogP contribution in [0, 0.1) is 58.2 Å². The van der Waals surface area contributed by atoms with E-state index in [1.165, 1.54) is 38.5 Å². The Kier molecular flexibility index (Phi) is 7.23. The Balaban J connectivity index is 1.56. The number of carbonyl (C=O) groups is 2. The zero-order chi connectivity index (χ0) is 24.1. The van der Waals surface area contributed by atoms with Crippen LogP contribution in [0.1, 0.15) is 106 Å². The molecule has 0 amide bonds. The van der Waals surface area contributed by atoms with E-state index in [2.05, 4.69) is 41.5 Å². The third kappa shape index (κ3) is 4.07. The van der Waals surface area contributed by atoms with Crippen LogP contribution in [0.15, 0.2) is 0 Å². The average Bonchev–Trinajstić information content (AvgIpc) is 3.12. The fourth-order valence-corrected chi connectivity index (χ4v) is 9.69. The molecule has 0 radical (unpaired) electrons. The third-order valence-corrected chi connectivity index (χ3v) is 11.8. The Hall–Kier alpha value is -0.700. The highest BCUT2D eigenvalue weighted by Crippen LogP contribution is 2.67. The fraction of sp³-hybridized carbons (Fsp3) is 0.933. The molecule has 0 heterocycles. The van der Waals surface area contributed by atoms with Crippen LogP contribution < -0.4 is 0 Å². The van der Waals surface area contributed by atoms with Crippen molar-refractivity contribution in [3.05, 3.63) is 0 Å². The van der Waals surface area contributed by atoms with Gasteiger partial charge in [0.2, 0.25) is 0 Å². The Morgan fingerprint density at radius 3 is 2.27 bits per heavy atom. The number of Topliss-reactive ketones (excluding diaryl/α,β-unsaturated/α-hetero) is 2. The van der Waals surface area contributed by atoms with Gasteiger partial charge in [0.15, 0.2) is 5.78 Å². The molecule has 3 nitrogen and oxygen atoms in total. The molecule has 0 aromatic heterocycles.